The maximum absolute atomic E-state index is 6.01. The number of nitrogens with two attached hydrogens (primary N) is 1. The van der Waals surface area contributed by atoms with E-state index in [1.54, 1.807) is 0 Å². The first-order valence-electron chi connectivity index (χ1n) is 5.57. The Morgan fingerprint density at radius 2 is 2.06 bits per heavy atom. The van der Waals surface area contributed by atoms with E-state index in [9.17, 15) is 0 Å². The quantitative estimate of drug-likeness (QED) is 0.878. The van der Waals surface area contributed by atoms with Crippen LogP contribution in [0, 0.1) is 0 Å². The molecule has 4 nitrogen and oxygen atoms in total. The van der Waals surface area contributed by atoms with Gasteiger partial charge in [-0.1, -0.05) is 35.5 Å². The molecular formula is C12H13N3OS. The molecule has 2 N–H and O–H groups in total. The Bertz CT molecular complexity index is 499. The molecule has 88 valence electrons. The van der Waals surface area contributed by atoms with Crippen molar-refractivity contribution in [2.45, 2.75) is 12.0 Å². The highest BCUT2D eigenvalue weighted by atomic mass is 32.2. The molecular weight excluding hydrogens is 234 g/mol. The molecule has 2 unspecified atom stereocenters. The fraction of sp³-hybridized carbons (Fsp3) is 0.333. The molecule has 0 aliphatic carbocycles. The molecule has 3 rings (SSSR count). The van der Waals surface area contributed by atoms with Gasteiger partial charge in [-0.25, -0.2) is 0 Å². The van der Waals surface area contributed by atoms with Crippen LogP contribution in [-0.4, -0.2) is 27.7 Å². The van der Waals surface area contributed by atoms with Crippen molar-refractivity contribution in [3.8, 4) is 11.4 Å². The number of aromatic nitrogens is 2. The molecule has 1 aromatic heterocycles. The summed E-state index contributed by atoms with van der Waals surface area (Å²) in [5.41, 5.74) is 6.98. The lowest BCUT2D eigenvalue weighted by molar-refractivity contribution is 0.352. The van der Waals surface area contributed by atoms with Gasteiger partial charge in [0.2, 0.25) is 11.7 Å². The van der Waals surface area contributed by atoms with Crippen molar-refractivity contribution < 1.29 is 4.52 Å². The molecule has 5 heteroatoms. The number of rotatable bonds is 2. The molecule has 0 amide bonds. The van der Waals surface area contributed by atoms with Gasteiger partial charge in [0.15, 0.2) is 0 Å². The second-order valence-corrected chi connectivity index (χ2v) is 5.20. The minimum absolute atomic E-state index is 0.129. The summed E-state index contributed by atoms with van der Waals surface area (Å²) in [6, 6.07) is 9.96. The van der Waals surface area contributed by atoms with Gasteiger partial charge in [0, 0.05) is 23.1 Å². The van der Waals surface area contributed by atoms with Crippen LogP contribution >= 0.6 is 11.8 Å². The van der Waals surface area contributed by atoms with Crippen LogP contribution in [0.25, 0.3) is 11.4 Å². The zero-order valence-electron chi connectivity index (χ0n) is 9.24. The van der Waals surface area contributed by atoms with Gasteiger partial charge < -0.3 is 10.3 Å². The van der Waals surface area contributed by atoms with Crippen LogP contribution in [0.3, 0.4) is 0 Å². The third-order valence-electron chi connectivity index (χ3n) is 2.92. The van der Waals surface area contributed by atoms with Crippen LogP contribution in [0.1, 0.15) is 11.8 Å². The zero-order valence-corrected chi connectivity index (χ0v) is 10.1. The van der Waals surface area contributed by atoms with E-state index in [-0.39, 0.29) is 12.0 Å². The second-order valence-electron chi connectivity index (χ2n) is 4.13. The van der Waals surface area contributed by atoms with Crippen LogP contribution in [-0.2, 0) is 0 Å². The Kier molecular flexibility index (Phi) is 2.86. The third-order valence-corrected chi connectivity index (χ3v) is 4.13. The highest BCUT2D eigenvalue weighted by molar-refractivity contribution is 7.99. The first-order valence-corrected chi connectivity index (χ1v) is 6.72. The summed E-state index contributed by atoms with van der Waals surface area (Å²) in [6.07, 6.45) is 0. The van der Waals surface area contributed by atoms with Crippen LogP contribution in [0.2, 0.25) is 0 Å². The fourth-order valence-corrected chi connectivity index (χ4v) is 3.20. The Balaban J connectivity index is 1.88. The maximum Gasteiger partial charge on any atom is 0.232 e. The Labute approximate surface area is 104 Å². The van der Waals surface area contributed by atoms with Gasteiger partial charge >= 0.3 is 0 Å². The maximum atomic E-state index is 6.01. The zero-order chi connectivity index (χ0) is 11.7. The van der Waals surface area contributed by atoms with E-state index in [1.807, 2.05) is 42.1 Å². The largest absolute Gasteiger partial charge is 0.339 e. The minimum Gasteiger partial charge on any atom is -0.339 e. The number of thioether (sulfide) groups is 1. The molecule has 0 bridgehead atoms. The number of nitrogens with zero attached hydrogens (tertiary/aromatic N) is 2. The van der Waals surface area contributed by atoms with Crippen molar-refractivity contribution >= 4 is 11.8 Å². The van der Waals surface area contributed by atoms with Gasteiger partial charge in [0.25, 0.3) is 0 Å². The van der Waals surface area contributed by atoms with Gasteiger partial charge in [-0.05, 0) is 0 Å². The van der Waals surface area contributed by atoms with E-state index in [0.717, 1.165) is 17.1 Å². The van der Waals surface area contributed by atoms with Gasteiger partial charge in [0.1, 0.15) is 0 Å². The van der Waals surface area contributed by atoms with Gasteiger partial charge in [0.05, 0.1) is 5.92 Å². The number of hydrogen-bond acceptors (Lipinski definition) is 5. The molecule has 2 heterocycles. The van der Waals surface area contributed by atoms with E-state index in [4.69, 9.17) is 10.3 Å². The summed E-state index contributed by atoms with van der Waals surface area (Å²) in [4.78, 5) is 4.44. The normalized spacial score (nSPS) is 24.1. The van der Waals surface area contributed by atoms with Gasteiger partial charge in [-0.15, -0.1) is 0 Å². The van der Waals surface area contributed by atoms with Crippen molar-refractivity contribution in [1.82, 2.24) is 10.1 Å². The standard InChI is InChI=1S/C12H13N3OS/c13-10-7-17-6-9(10)12-14-11(15-16-12)8-4-2-1-3-5-8/h1-5,9-10H,6-7,13H2. The molecule has 1 aromatic carbocycles. The summed E-state index contributed by atoms with van der Waals surface area (Å²) < 4.78 is 5.32. The molecule has 2 atom stereocenters. The molecule has 0 saturated carbocycles. The number of benzene rings is 1. The smallest absolute Gasteiger partial charge is 0.232 e. The summed E-state index contributed by atoms with van der Waals surface area (Å²) in [5, 5.41) is 4.01. The summed E-state index contributed by atoms with van der Waals surface area (Å²) in [5.74, 6) is 3.45. The summed E-state index contributed by atoms with van der Waals surface area (Å²) in [7, 11) is 0. The molecule has 0 spiro atoms. The van der Waals surface area contributed by atoms with Crippen molar-refractivity contribution in [3.05, 3.63) is 36.2 Å². The third kappa shape index (κ3) is 2.08. The highest BCUT2D eigenvalue weighted by Crippen LogP contribution is 2.31. The molecule has 1 fully saturated rings. The SMILES string of the molecule is NC1CSCC1c1nc(-c2ccccc2)no1. The van der Waals surface area contributed by atoms with Crippen LogP contribution in [0.4, 0.5) is 0 Å². The minimum atomic E-state index is 0.129. The topological polar surface area (TPSA) is 64.9 Å². The van der Waals surface area contributed by atoms with E-state index in [2.05, 4.69) is 10.1 Å². The van der Waals surface area contributed by atoms with Gasteiger partial charge in [-0.3, -0.25) is 0 Å². The molecule has 1 saturated heterocycles. The van der Waals surface area contributed by atoms with E-state index < -0.39 is 0 Å². The first kappa shape index (κ1) is 10.8. The predicted octanol–water partition coefficient (Wildman–Crippen LogP) is 1.89. The Morgan fingerprint density at radius 1 is 1.24 bits per heavy atom. The fourth-order valence-electron chi connectivity index (χ4n) is 1.92. The van der Waals surface area contributed by atoms with Crippen molar-refractivity contribution in [2.75, 3.05) is 11.5 Å². The average Bonchev–Trinajstić information content (AvgIpc) is 2.98. The Hall–Kier alpha value is -1.33. The van der Waals surface area contributed by atoms with Crippen LogP contribution < -0.4 is 5.73 Å². The van der Waals surface area contributed by atoms with Gasteiger partial charge in [-0.2, -0.15) is 16.7 Å². The number of hydrogen-bond donors (Lipinski definition) is 1. The summed E-state index contributed by atoms with van der Waals surface area (Å²) >= 11 is 1.84. The molecule has 17 heavy (non-hydrogen) atoms. The first-order chi connectivity index (χ1) is 8.34. The predicted molar refractivity (Wildman–Crippen MR) is 67.8 cm³/mol. The Morgan fingerprint density at radius 3 is 2.76 bits per heavy atom. The lowest BCUT2D eigenvalue weighted by Crippen LogP contribution is -2.26. The van der Waals surface area contributed by atoms with Crippen molar-refractivity contribution in [3.63, 3.8) is 0 Å². The monoisotopic (exact) mass is 247 g/mol. The molecule has 1 aliphatic rings. The lowest BCUT2D eigenvalue weighted by Gasteiger charge is -2.07. The average molecular weight is 247 g/mol. The molecule has 0 radical (unpaired) electrons. The molecule has 2 aromatic rings. The summed E-state index contributed by atoms with van der Waals surface area (Å²) in [6.45, 7) is 0. The van der Waals surface area contributed by atoms with Crippen LogP contribution in [0.5, 0.6) is 0 Å². The van der Waals surface area contributed by atoms with Crippen LogP contribution in [0.15, 0.2) is 34.9 Å². The van der Waals surface area contributed by atoms with E-state index >= 15 is 0 Å². The lowest BCUT2D eigenvalue weighted by atomic mass is 10.1. The van der Waals surface area contributed by atoms with Crippen molar-refractivity contribution in [2.24, 2.45) is 5.73 Å². The highest BCUT2D eigenvalue weighted by Gasteiger charge is 2.30. The molecule has 1 aliphatic heterocycles. The van der Waals surface area contributed by atoms with E-state index in [0.29, 0.717) is 11.7 Å². The van der Waals surface area contributed by atoms with Crippen molar-refractivity contribution in [1.29, 1.82) is 0 Å². The van der Waals surface area contributed by atoms with E-state index in [1.165, 1.54) is 0 Å². The second kappa shape index (κ2) is 4.50.